The quantitative estimate of drug-likeness (QED) is 0.244. The molecule has 1 aliphatic rings. The van der Waals surface area contributed by atoms with E-state index >= 15 is 0 Å². The molecule has 1 saturated heterocycles. The minimum Gasteiger partial charge on any atom is -0.497 e. The molecule has 0 saturated carbocycles. The highest BCUT2D eigenvalue weighted by Gasteiger charge is 2.65. The molecule has 1 aliphatic heterocycles. The van der Waals surface area contributed by atoms with Crippen LogP contribution in [0.2, 0.25) is 0 Å². The third kappa shape index (κ3) is 4.31. The number of nitrogens with zero attached hydrogens (tertiary/aromatic N) is 1. The van der Waals surface area contributed by atoms with Crippen molar-refractivity contribution in [2.75, 3.05) is 14.2 Å². The summed E-state index contributed by atoms with van der Waals surface area (Å²) in [5.74, 6) is -0.109. The van der Waals surface area contributed by atoms with E-state index in [4.69, 9.17) is 9.47 Å². The Bertz CT molecular complexity index is 1160. The Morgan fingerprint density at radius 1 is 1.00 bits per heavy atom. The number of esters is 1. The second-order valence-corrected chi connectivity index (χ2v) is 8.76. The SMILES string of the molecule is COC(=O)[C@]1(/C=C/c2ccc(Br)cc2)C(=O)N(Cc2ccc(OC)cc2)[C@@H]1c1ccccc1. The van der Waals surface area contributed by atoms with Gasteiger partial charge in [0, 0.05) is 11.0 Å². The van der Waals surface area contributed by atoms with Crippen molar-refractivity contribution in [1.82, 2.24) is 4.90 Å². The first kappa shape index (κ1) is 22.8. The van der Waals surface area contributed by atoms with Crippen molar-refractivity contribution >= 4 is 33.9 Å². The van der Waals surface area contributed by atoms with Gasteiger partial charge in [-0.3, -0.25) is 9.59 Å². The number of halogens is 1. The lowest BCUT2D eigenvalue weighted by molar-refractivity contribution is -0.184. The number of rotatable bonds is 7. The Morgan fingerprint density at radius 2 is 1.67 bits per heavy atom. The fourth-order valence-electron chi connectivity index (χ4n) is 4.22. The molecular formula is C27H24BrNO4. The number of benzene rings is 3. The summed E-state index contributed by atoms with van der Waals surface area (Å²) in [6.45, 7) is 0.368. The standard InChI is InChI=1S/C27H24BrNO4/c1-32-23-14-10-20(11-15-23)18-29-24(21-6-4-3-5-7-21)27(25(29)30,26(31)33-2)17-16-19-8-12-22(28)13-9-19/h3-17,24H,18H2,1-2H3/b17-16+/t24-,27+/m1/s1. The Labute approximate surface area is 201 Å². The van der Waals surface area contributed by atoms with E-state index in [-0.39, 0.29) is 5.91 Å². The van der Waals surface area contributed by atoms with Crippen LogP contribution < -0.4 is 4.74 Å². The zero-order valence-corrected chi connectivity index (χ0v) is 20.0. The maximum Gasteiger partial charge on any atom is 0.327 e. The molecule has 0 N–H and O–H groups in total. The van der Waals surface area contributed by atoms with E-state index in [1.807, 2.05) is 84.9 Å². The van der Waals surface area contributed by atoms with Crippen molar-refractivity contribution in [2.24, 2.45) is 5.41 Å². The first-order valence-corrected chi connectivity index (χ1v) is 11.3. The van der Waals surface area contributed by atoms with Crippen molar-refractivity contribution in [3.8, 4) is 5.75 Å². The van der Waals surface area contributed by atoms with Gasteiger partial charge in [0.25, 0.3) is 0 Å². The number of amides is 1. The molecule has 3 aromatic carbocycles. The molecule has 0 spiro atoms. The van der Waals surface area contributed by atoms with Crippen LogP contribution in [0.15, 0.2) is 89.4 Å². The molecule has 0 aromatic heterocycles. The highest BCUT2D eigenvalue weighted by molar-refractivity contribution is 9.10. The summed E-state index contributed by atoms with van der Waals surface area (Å²) in [6, 6.07) is 24.3. The molecule has 168 valence electrons. The van der Waals surface area contributed by atoms with E-state index in [0.29, 0.717) is 6.54 Å². The third-order valence-corrected chi connectivity index (χ3v) is 6.45. The molecule has 1 heterocycles. The summed E-state index contributed by atoms with van der Waals surface area (Å²) in [7, 11) is 2.93. The lowest BCUT2D eigenvalue weighted by atomic mass is 9.67. The summed E-state index contributed by atoms with van der Waals surface area (Å²) >= 11 is 3.43. The summed E-state index contributed by atoms with van der Waals surface area (Å²) in [4.78, 5) is 28.5. The lowest BCUT2D eigenvalue weighted by Crippen LogP contribution is -2.65. The van der Waals surface area contributed by atoms with Gasteiger partial charge < -0.3 is 14.4 Å². The topological polar surface area (TPSA) is 55.8 Å². The zero-order chi connectivity index (χ0) is 23.4. The smallest absolute Gasteiger partial charge is 0.327 e. The van der Waals surface area contributed by atoms with Gasteiger partial charge in [-0.25, -0.2) is 0 Å². The Hall–Kier alpha value is -3.38. The van der Waals surface area contributed by atoms with Gasteiger partial charge in [0.1, 0.15) is 5.75 Å². The van der Waals surface area contributed by atoms with Crippen LogP contribution in [0.5, 0.6) is 5.75 Å². The molecular weight excluding hydrogens is 482 g/mol. The molecule has 0 unspecified atom stereocenters. The molecule has 2 atom stereocenters. The van der Waals surface area contributed by atoms with Crippen molar-refractivity contribution in [1.29, 1.82) is 0 Å². The first-order valence-electron chi connectivity index (χ1n) is 10.5. The first-order chi connectivity index (χ1) is 16.0. The molecule has 1 fully saturated rings. The van der Waals surface area contributed by atoms with Gasteiger partial charge in [0.05, 0.1) is 20.3 Å². The number of β-lactam (4-membered cyclic amide) rings is 1. The fourth-order valence-corrected chi connectivity index (χ4v) is 4.48. The van der Waals surface area contributed by atoms with Crippen molar-refractivity contribution in [2.45, 2.75) is 12.6 Å². The zero-order valence-electron chi connectivity index (χ0n) is 18.4. The lowest BCUT2D eigenvalue weighted by Gasteiger charge is -2.53. The van der Waals surface area contributed by atoms with Crippen molar-refractivity contribution in [3.63, 3.8) is 0 Å². The number of carbonyl (C=O) groups is 2. The number of methoxy groups -OCH3 is 2. The van der Waals surface area contributed by atoms with Crippen LogP contribution in [0.4, 0.5) is 0 Å². The molecule has 1 amide bonds. The van der Waals surface area contributed by atoms with Crippen LogP contribution in [-0.4, -0.2) is 31.0 Å². The predicted octanol–water partition coefficient (Wildman–Crippen LogP) is 5.41. The number of carbonyl (C=O) groups excluding carboxylic acids is 2. The molecule has 5 nitrogen and oxygen atoms in total. The average Bonchev–Trinajstić information content (AvgIpc) is 2.86. The van der Waals surface area contributed by atoms with E-state index in [1.54, 1.807) is 18.1 Å². The van der Waals surface area contributed by atoms with Gasteiger partial charge in [-0.05, 0) is 41.0 Å². The van der Waals surface area contributed by atoms with Crippen LogP contribution in [-0.2, 0) is 20.9 Å². The molecule has 3 aromatic rings. The second-order valence-electron chi connectivity index (χ2n) is 7.84. The van der Waals surface area contributed by atoms with Gasteiger partial charge in [0.2, 0.25) is 5.91 Å². The fraction of sp³-hybridized carbons (Fsp3) is 0.185. The minimum absolute atomic E-state index is 0.285. The van der Waals surface area contributed by atoms with Gasteiger partial charge in [0.15, 0.2) is 5.41 Å². The van der Waals surface area contributed by atoms with Gasteiger partial charge >= 0.3 is 5.97 Å². The van der Waals surface area contributed by atoms with Gasteiger partial charge in [-0.1, -0.05) is 82.7 Å². The summed E-state index contributed by atoms with van der Waals surface area (Å²) in [5.41, 5.74) is 1.27. The molecule has 0 radical (unpaired) electrons. The van der Waals surface area contributed by atoms with Crippen LogP contribution in [0.3, 0.4) is 0 Å². The van der Waals surface area contributed by atoms with Gasteiger partial charge in [-0.15, -0.1) is 0 Å². The molecule has 4 rings (SSSR count). The third-order valence-electron chi connectivity index (χ3n) is 5.92. The Balaban J connectivity index is 1.74. The van der Waals surface area contributed by atoms with Gasteiger partial charge in [-0.2, -0.15) is 0 Å². The largest absolute Gasteiger partial charge is 0.497 e. The predicted molar refractivity (Wildman–Crippen MR) is 130 cm³/mol. The Kier molecular flexibility index (Phi) is 6.65. The summed E-state index contributed by atoms with van der Waals surface area (Å²) in [5, 5.41) is 0. The molecule has 33 heavy (non-hydrogen) atoms. The van der Waals surface area contributed by atoms with E-state index < -0.39 is 17.4 Å². The normalized spacial score (nSPS) is 19.9. The monoisotopic (exact) mass is 505 g/mol. The molecule has 0 bridgehead atoms. The summed E-state index contributed by atoms with van der Waals surface area (Å²) < 4.78 is 11.3. The van der Waals surface area contributed by atoms with E-state index in [2.05, 4.69) is 15.9 Å². The number of likely N-dealkylation sites (tertiary alicyclic amines) is 1. The molecule has 0 aliphatic carbocycles. The highest BCUT2D eigenvalue weighted by atomic mass is 79.9. The van der Waals surface area contributed by atoms with E-state index in [0.717, 1.165) is 26.9 Å². The van der Waals surface area contributed by atoms with Crippen molar-refractivity contribution in [3.05, 3.63) is 106 Å². The number of hydrogen-bond donors (Lipinski definition) is 0. The average molecular weight is 506 g/mol. The van der Waals surface area contributed by atoms with Crippen LogP contribution in [0.25, 0.3) is 6.08 Å². The second kappa shape index (κ2) is 9.63. The number of ether oxygens (including phenoxy) is 2. The summed E-state index contributed by atoms with van der Waals surface area (Å²) in [6.07, 6.45) is 3.49. The van der Waals surface area contributed by atoms with Crippen LogP contribution in [0, 0.1) is 5.41 Å². The van der Waals surface area contributed by atoms with E-state index in [9.17, 15) is 9.59 Å². The highest BCUT2D eigenvalue weighted by Crippen LogP contribution is 2.53. The molecule has 6 heteroatoms. The number of hydrogen-bond acceptors (Lipinski definition) is 4. The Morgan fingerprint density at radius 3 is 2.27 bits per heavy atom. The van der Waals surface area contributed by atoms with Crippen LogP contribution in [0.1, 0.15) is 22.7 Å². The van der Waals surface area contributed by atoms with Crippen molar-refractivity contribution < 1.29 is 19.1 Å². The minimum atomic E-state index is -1.43. The maximum atomic E-state index is 13.6. The van der Waals surface area contributed by atoms with E-state index in [1.165, 1.54) is 7.11 Å². The van der Waals surface area contributed by atoms with Crippen LogP contribution >= 0.6 is 15.9 Å². The maximum absolute atomic E-state index is 13.6.